The molecule has 0 spiro atoms. The molecule has 1 fully saturated rings. The van der Waals surface area contributed by atoms with Gasteiger partial charge in [0.25, 0.3) is 10.2 Å². The third-order valence-corrected chi connectivity index (χ3v) is 4.41. The third kappa shape index (κ3) is 3.43. The second-order valence-electron chi connectivity index (χ2n) is 4.30. The monoisotopic (exact) mass is 250 g/mol. The Morgan fingerprint density at radius 2 is 2.00 bits per heavy atom. The molecular formula is C9H18N2O4S. The zero-order valence-electron chi connectivity index (χ0n) is 9.51. The molecule has 94 valence electrons. The first-order chi connectivity index (χ1) is 7.33. The van der Waals surface area contributed by atoms with Crippen molar-refractivity contribution in [3.8, 4) is 0 Å². The molecular weight excluding hydrogens is 232 g/mol. The Kier molecular flexibility index (Phi) is 4.28. The average molecular weight is 250 g/mol. The predicted molar refractivity (Wildman–Crippen MR) is 59.1 cm³/mol. The van der Waals surface area contributed by atoms with Crippen LogP contribution in [0, 0.1) is 5.92 Å². The van der Waals surface area contributed by atoms with Crippen molar-refractivity contribution in [1.82, 2.24) is 9.03 Å². The fraction of sp³-hybridized carbons (Fsp3) is 0.889. The molecule has 0 heterocycles. The van der Waals surface area contributed by atoms with Crippen molar-refractivity contribution >= 4 is 16.2 Å². The van der Waals surface area contributed by atoms with Gasteiger partial charge in [0, 0.05) is 20.1 Å². The summed E-state index contributed by atoms with van der Waals surface area (Å²) in [6.45, 7) is 0. The van der Waals surface area contributed by atoms with Crippen LogP contribution in [-0.4, -0.2) is 43.9 Å². The van der Waals surface area contributed by atoms with Crippen LogP contribution < -0.4 is 4.72 Å². The van der Waals surface area contributed by atoms with Gasteiger partial charge < -0.3 is 5.11 Å². The van der Waals surface area contributed by atoms with Crippen LogP contribution in [0.4, 0.5) is 0 Å². The minimum atomic E-state index is -3.46. The topological polar surface area (TPSA) is 86.7 Å². The van der Waals surface area contributed by atoms with Crippen molar-refractivity contribution in [3.05, 3.63) is 0 Å². The molecule has 1 aliphatic carbocycles. The van der Waals surface area contributed by atoms with E-state index >= 15 is 0 Å². The maximum atomic E-state index is 11.5. The summed E-state index contributed by atoms with van der Waals surface area (Å²) in [6.07, 6.45) is 2.46. The van der Waals surface area contributed by atoms with Crippen molar-refractivity contribution in [2.75, 3.05) is 14.1 Å². The molecule has 1 rings (SSSR count). The van der Waals surface area contributed by atoms with Crippen LogP contribution >= 0.6 is 0 Å². The number of carbonyl (C=O) groups is 1. The van der Waals surface area contributed by atoms with Crippen LogP contribution in [0.3, 0.4) is 0 Å². The predicted octanol–water partition coefficient (Wildman–Crippen LogP) is 0.0258. The average Bonchev–Trinajstić information content (AvgIpc) is 2.17. The number of hydrogen-bond acceptors (Lipinski definition) is 3. The molecule has 16 heavy (non-hydrogen) atoms. The molecule has 2 N–H and O–H groups in total. The summed E-state index contributed by atoms with van der Waals surface area (Å²) in [5, 5.41) is 8.88. The van der Waals surface area contributed by atoms with Gasteiger partial charge in [-0.25, -0.2) is 0 Å². The van der Waals surface area contributed by atoms with E-state index in [4.69, 9.17) is 5.11 Å². The smallest absolute Gasteiger partial charge is 0.306 e. The van der Waals surface area contributed by atoms with E-state index in [-0.39, 0.29) is 6.04 Å². The number of nitrogens with one attached hydrogen (secondary N) is 1. The molecule has 2 unspecified atom stereocenters. The van der Waals surface area contributed by atoms with Crippen molar-refractivity contribution in [3.63, 3.8) is 0 Å². The van der Waals surface area contributed by atoms with Gasteiger partial charge in [0.05, 0.1) is 5.92 Å². The molecule has 7 heteroatoms. The number of carboxylic acid groups (broad SMARTS) is 1. The molecule has 0 aliphatic heterocycles. The Bertz CT molecular complexity index is 353. The van der Waals surface area contributed by atoms with Gasteiger partial charge in [0.1, 0.15) is 0 Å². The highest BCUT2D eigenvalue weighted by atomic mass is 32.2. The van der Waals surface area contributed by atoms with Crippen LogP contribution in [0.1, 0.15) is 25.7 Å². The van der Waals surface area contributed by atoms with E-state index in [0.717, 1.165) is 10.7 Å². The fourth-order valence-corrected chi connectivity index (χ4v) is 2.68. The van der Waals surface area contributed by atoms with Crippen molar-refractivity contribution in [1.29, 1.82) is 0 Å². The van der Waals surface area contributed by atoms with Crippen molar-refractivity contribution < 1.29 is 18.3 Å². The van der Waals surface area contributed by atoms with Gasteiger partial charge in [-0.05, 0) is 19.3 Å². The van der Waals surface area contributed by atoms with E-state index in [2.05, 4.69) is 4.72 Å². The van der Waals surface area contributed by atoms with Gasteiger partial charge in [-0.3, -0.25) is 4.79 Å². The Morgan fingerprint density at radius 1 is 1.38 bits per heavy atom. The zero-order valence-corrected chi connectivity index (χ0v) is 10.3. The largest absolute Gasteiger partial charge is 0.481 e. The Labute approximate surface area is 95.8 Å². The summed E-state index contributed by atoms with van der Waals surface area (Å²) in [4.78, 5) is 10.8. The van der Waals surface area contributed by atoms with Crippen LogP contribution in [0.15, 0.2) is 0 Å². The Hall–Kier alpha value is -0.660. The fourth-order valence-electron chi connectivity index (χ4n) is 1.84. The Balaban J connectivity index is 2.59. The lowest BCUT2D eigenvalue weighted by Gasteiger charge is -2.28. The standard InChI is InChI=1S/C9H18N2O4S/c1-11(2)16(14,15)10-8-5-3-4-7(6-8)9(12)13/h7-8,10H,3-6H2,1-2H3,(H,12,13). The van der Waals surface area contributed by atoms with E-state index in [1.807, 2.05) is 0 Å². The molecule has 2 atom stereocenters. The SMILES string of the molecule is CN(C)S(=O)(=O)NC1CCCC(C(=O)O)C1. The van der Waals surface area contributed by atoms with Crippen LogP contribution in [-0.2, 0) is 15.0 Å². The highest BCUT2D eigenvalue weighted by Gasteiger charge is 2.29. The van der Waals surface area contributed by atoms with Gasteiger partial charge in [-0.15, -0.1) is 0 Å². The summed E-state index contributed by atoms with van der Waals surface area (Å²) in [5.41, 5.74) is 0. The number of nitrogens with zero attached hydrogens (tertiary/aromatic N) is 1. The first-order valence-electron chi connectivity index (χ1n) is 5.25. The van der Waals surface area contributed by atoms with E-state index < -0.39 is 22.1 Å². The molecule has 0 aromatic rings. The molecule has 0 aromatic carbocycles. The second kappa shape index (κ2) is 5.11. The van der Waals surface area contributed by atoms with E-state index in [0.29, 0.717) is 19.3 Å². The zero-order chi connectivity index (χ0) is 12.3. The third-order valence-electron chi connectivity index (χ3n) is 2.82. The highest BCUT2D eigenvalue weighted by Crippen LogP contribution is 2.24. The first-order valence-corrected chi connectivity index (χ1v) is 6.69. The maximum absolute atomic E-state index is 11.5. The minimum absolute atomic E-state index is 0.262. The van der Waals surface area contributed by atoms with Crippen molar-refractivity contribution in [2.24, 2.45) is 5.92 Å². The number of carboxylic acids is 1. The minimum Gasteiger partial charge on any atom is -0.481 e. The molecule has 1 saturated carbocycles. The lowest BCUT2D eigenvalue weighted by atomic mass is 9.86. The summed E-state index contributed by atoms with van der Waals surface area (Å²) >= 11 is 0. The van der Waals surface area contributed by atoms with Gasteiger partial charge >= 0.3 is 5.97 Å². The quantitative estimate of drug-likeness (QED) is 0.736. The summed E-state index contributed by atoms with van der Waals surface area (Å²) < 4.78 is 26.7. The maximum Gasteiger partial charge on any atom is 0.306 e. The molecule has 0 aromatic heterocycles. The van der Waals surface area contributed by atoms with E-state index in [1.54, 1.807) is 0 Å². The number of aliphatic carboxylic acids is 1. The normalized spacial score (nSPS) is 26.9. The lowest BCUT2D eigenvalue weighted by Crippen LogP contribution is -2.44. The molecule has 6 nitrogen and oxygen atoms in total. The van der Waals surface area contributed by atoms with E-state index in [1.165, 1.54) is 14.1 Å². The molecule has 0 bridgehead atoms. The van der Waals surface area contributed by atoms with Crippen LogP contribution in [0.2, 0.25) is 0 Å². The summed E-state index contributed by atoms with van der Waals surface area (Å²) in [6, 6.07) is -0.262. The van der Waals surface area contributed by atoms with E-state index in [9.17, 15) is 13.2 Å². The van der Waals surface area contributed by atoms with Gasteiger partial charge in [0.2, 0.25) is 0 Å². The second-order valence-corrected chi connectivity index (χ2v) is 6.22. The van der Waals surface area contributed by atoms with Crippen molar-refractivity contribution in [2.45, 2.75) is 31.7 Å². The molecule has 0 saturated heterocycles. The van der Waals surface area contributed by atoms with Crippen LogP contribution in [0.5, 0.6) is 0 Å². The highest BCUT2D eigenvalue weighted by molar-refractivity contribution is 7.87. The number of rotatable bonds is 4. The number of hydrogen-bond donors (Lipinski definition) is 2. The Morgan fingerprint density at radius 3 is 2.50 bits per heavy atom. The van der Waals surface area contributed by atoms with Gasteiger partial charge in [-0.2, -0.15) is 17.4 Å². The molecule has 0 radical (unpaired) electrons. The summed E-state index contributed by atoms with van der Waals surface area (Å²) in [5.74, 6) is -1.27. The van der Waals surface area contributed by atoms with Gasteiger partial charge in [-0.1, -0.05) is 6.42 Å². The molecule has 1 aliphatic rings. The summed E-state index contributed by atoms with van der Waals surface area (Å²) in [7, 11) is -0.568. The first kappa shape index (κ1) is 13.4. The lowest BCUT2D eigenvalue weighted by molar-refractivity contribution is -0.143. The van der Waals surface area contributed by atoms with Gasteiger partial charge in [0.15, 0.2) is 0 Å². The van der Waals surface area contributed by atoms with Crippen LogP contribution in [0.25, 0.3) is 0 Å². The molecule has 0 amide bonds.